The van der Waals surface area contributed by atoms with E-state index in [-0.39, 0.29) is 11.8 Å². The van der Waals surface area contributed by atoms with Crippen molar-refractivity contribution in [3.8, 4) is 0 Å². The van der Waals surface area contributed by atoms with Crippen LogP contribution in [0.25, 0.3) is 10.9 Å². The fraction of sp³-hybridized carbons (Fsp3) is 0.350. The number of carbonyl (C=O) groups excluding carboxylic acids is 1. The van der Waals surface area contributed by atoms with Crippen LogP contribution in [0.4, 0.5) is 5.82 Å². The summed E-state index contributed by atoms with van der Waals surface area (Å²) in [6.45, 7) is 0.767. The molecule has 0 radical (unpaired) electrons. The van der Waals surface area contributed by atoms with Gasteiger partial charge in [0.05, 0.1) is 5.92 Å². The van der Waals surface area contributed by atoms with E-state index in [0.29, 0.717) is 17.8 Å². The van der Waals surface area contributed by atoms with Gasteiger partial charge in [-0.15, -0.1) is 5.10 Å². The highest BCUT2D eigenvalue weighted by molar-refractivity contribution is 5.92. The van der Waals surface area contributed by atoms with Gasteiger partial charge in [0.25, 0.3) is 0 Å². The van der Waals surface area contributed by atoms with Crippen LogP contribution >= 0.6 is 0 Å². The van der Waals surface area contributed by atoms with Gasteiger partial charge in [-0.1, -0.05) is 12.1 Å². The summed E-state index contributed by atoms with van der Waals surface area (Å²) in [5.74, 6) is 0.862. The Labute approximate surface area is 151 Å². The summed E-state index contributed by atoms with van der Waals surface area (Å²) in [6, 6.07) is 10.5. The Morgan fingerprint density at radius 1 is 1.31 bits per heavy atom. The number of likely N-dealkylation sites (tertiary alicyclic amines) is 1. The lowest BCUT2D eigenvalue weighted by Gasteiger charge is -2.45. The summed E-state index contributed by atoms with van der Waals surface area (Å²) in [5, 5.41) is 12.1. The first-order valence-corrected chi connectivity index (χ1v) is 9.08. The van der Waals surface area contributed by atoms with Gasteiger partial charge < -0.3 is 15.2 Å². The smallest absolute Gasteiger partial charge is 0.230 e. The molecule has 0 bridgehead atoms. The van der Waals surface area contributed by atoms with Crippen LogP contribution < -0.4 is 5.32 Å². The van der Waals surface area contributed by atoms with E-state index in [1.54, 1.807) is 18.3 Å². The van der Waals surface area contributed by atoms with Crippen molar-refractivity contribution < 1.29 is 4.79 Å². The number of hydrogen-bond donors (Lipinski definition) is 2. The van der Waals surface area contributed by atoms with Crippen molar-refractivity contribution in [1.29, 1.82) is 0 Å². The number of piperidine rings is 1. The van der Waals surface area contributed by atoms with Crippen LogP contribution in [-0.4, -0.2) is 45.6 Å². The SMILES string of the molecule is CN1C[C@H](C(=O)Nc2cccnn2)C[C@@H]2c3cccc4[nH]cc(c34)C[C@H]21. The van der Waals surface area contributed by atoms with Crippen molar-refractivity contribution in [3.63, 3.8) is 0 Å². The third kappa shape index (κ3) is 2.41. The van der Waals surface area contributed by atoms with Crippen molar-refractivity contribution in [1.82, 2.24) is 20.1 Å². The normalized spacial score (nSPS) is 25.0. The van der Waals surface area contributed by atoms with Gasteiger partial charge in [-0.2, -0.15) is 5.10 Å². The fourth-order valence-electron chi connectivity index (χ4n) is 4.73. The van der Waals surface area contributed by atoms with Gasteiger partial charge in [0, 0.05) is 41.8 Å². The molecule has 3 atom stereocenters. The highest BCUT2D eigenvalue weighted by atomic mass is 16.2. The second-order valence-electron chi connectivity index (χ2n) is 7.43. The van der Waals surface area contributed by atoms with E-state index in [1.807, 2.05) is 0 Å². The predicted octanol–water partition coefficient (Wildman–Crippen LogP) is 2.56. The molecule has 1 fully saturated rings. The summed E-state index contributed by atoms with van der Waals surface area (Å²) >= 11 is 0. The summed E-state index contributed by atoms with van der Waals surface area (Å²) in [4.78, 5) is 18.6. The maximum absolute atomic E-state index is 12.8. The fourth-order valence-corrected chi connectivity index (χ4v) is 4.73. The van der Waals surface area contributed by atoms with Crippen LogP contribution in [-0.2, 0) is 11.2 Å². The minimum Gasteiger partial charge on any atom is -0.361 e. The minimum atomic E-state index is -0.0565. The first kappa shape index (κ1) is 15.5. The average molecular weight is 347 g/mol. The minimum absolute atomic E-state index is 0.0304. The lowest BCUT2D eigenvalue weighted by molar-refractivity contribution is -0.122. The molecule has 5 rings (SSSR count). The quantitative estimate of drug-likeness (QED) is 0.747. The number of anilines is 1. The molecule has 1 amide bonds. The topological polar surface area (TPSA) is 73.9 Å². The molecule has 6 nitrogen and oxygen atoms in total. The molecular formula is C20H21N5O. The third-order valence-corrected chi connectivity index (χ3v) is 5.92. The molecule has 26 heavy (non-hydrogen) atoms. The molecule has 0 saturated carbocycles. The lowest BCUT2D eigenvalue weighted by atomic mass is 9.72. The number of likely N-dealkylation sites (N-methyl/N-ethyl adjacent to an activating group) is 1. The zero-order valence-electron chi connectivity index (χ0n) is 14.6. The van der Waals surface area contributed by atoms with E-state index in [9.17, 15) is 4.79 Å². The number of H-pyrrole nitrogens is 1. The van der Waals surface area contributed by atoms with Crippen LogP contribution in [0.3, 0.4) is 0 Å². The van der Waals surface area contributed by atoms with Crippen LogP contribution in [0.15, 0.2) is 42.7 Å². The van der Waals surface area contributed by atoms with Crippen molar-refractivity contribution in [2.75, 3.05) is 18.9 Å². The number of aromatic nitrogens is 3. The number of amides is 1. The van der Waals surface area contributed by atoms with E-state index in [1.165, 1.54) is 22.0 Å². The Bertz CT molecular complexity index is 967. The molecule has 0 spiro atoms. The molecule has 3 heterocycles. The Morgan fingerprint density at radius 2 is 2.23 bits per heavy atom. The molecule has 2 N–H and O–H groups in total. The van der Waals surface area contributed by atoms with Crippen LogP contribution in [0.5, 0.6) is 0 Å². The zero-order valence-corrected chi connectivity index (χ0v) is 14.6. The summed E-state index contributed by atoms with van der Waals surface area (Å²) in [6.07, 6.45) is 5.65. The van der Waals surface area contributed by atoms with Crippen LogP contribution in [0.1, 0.15) is 23.5 Å². The zero-order chi connectivity index (χ0) is 17.7. The molecule has 3 aromatic rings. The van der Waals surface area contributed by atoms with Crippen molar-refractivity contribution in [2.45, 2.75) is 24.8 Å². The molecule has 2 aliphatic rings. The van der Waals surface area contributed by atoms with Crippen LogP contribution in [0.2, 0.25) is 0 Å². The first-order chi connectivity index (χ1) is 12.7. The number of benzene rings is 1. The lowest BCUT2D eigenvalue weighted by Crippen LogP contribution is -2.50. The van der Waals surface area contributed by atoms with Crippen LogP contribution in [0, 0.1) is 5.92 Å². The van der Waals surface area contributed by atoms with E-state index < -0.39 is 0 Å². The van der Waals surface area contributed by atoms with Crippen molar-refractivity contribution in [2.24, 2.45) is 5.92 Å². The number of nitrogens with zero attached hydrogens (tertiary/aromatic N) is 3. The molecule has 0 unspecified atom stereocenters. The van der Waals surface area contributed by atoms with E-state index in [2.05, 4.69) is 56.8 Å². The Balaban J connectivity index is 1.45. The first-order valence-electron chi connectivity index (χ1n) is 9.08. The maximum atomic E-state index is 12.8. The molecule has 1 aliphatic heterocycles. The number of fused-ring (bicyclic) bond motifs is 2. The van der Waals surface area contributed by atoms with Crippen molar-refractivity contribution >= 4 is 22.6 Å². The predicted molar refractivity (Wildman–Crippen MR) is 99.9 cm³/mol. The Hall–Kier alpha value is -2.73. The monoisotopic (exact) mass is 347 g/mol. The molecule has 1 aliphatic carbocycles. The summed E-state index contributed by atoms with van der Waals surface area (Å²) in [7, 11) is 2.14. The summed E-state index contributed by atoms with van der Waals surface area (Å²) in [5.41, 5.74) is 3.97. The molecule has 1 aromatic carbocycles. The van der Waals surface area contributed by atoms with Gasteiger partial charge in [-0.3, -0.25) is 4.79 Å². The number of hydrogen-bond acceptors (Lipinski definition) is 4. The van der Waals surface area contributed by atoms with Gasteiger partial charge in [0.2, 0.25) is 5.91 Å². The second kappa shape index (κ2) is 5.92. The number of nitrogens with one attached hydrogen (secondary N) is 2. The highest BCUT2D eigenvalue weighted by Gasteiger charge is 2.41. The molecule has 2 aromatic heterocycles. The largest absolute Gasteiger partial charge is 0.361 e. The number of rotatable bonds is 2. The number of aromatic amines is 1. The standard InChI is InChI=1S/C20H21N5O/c1-25-11-13(20(26)23-18-6-3-7-22-24-18)8-15-14-4-2-5-16-19(14)12(10-21-16)9-17(15)25/h2-7,10,13,15,17,21H,8-9,11H2,1H3,(H,23,24,26)/t13-,15-,17-/m1/s1. The Kier molecular flexibility index (Phi) is 3.53. The van der Waals surface area contributed by atoms with Gasteiger partial charge in [-0.25, -0.2) is 0 Å². The van der Waals surface area contributed by atoms with Gasteiger partial charge >= 0.3 is 0 Å². The van der Waals surface area contributed by atoms with E-state index in [0.717, 1.165) is 19.4 Å². The number of carbonyl (C=O) groups is 1. The third-order valence-electron chi connectivity index (χ3n) is 5.92. The molecular weight excluding hydrogens is 326 g/mol. The van der Waals surface area contributed by atoms with Crippen molar-refractivity contribution in [3.05, 3.63) is 53.9 Å². The van der Waals surface area contributed by atoms with E-state index >= 15 is 0 Å². The maximum Gasteiger partial charge on any atom is 0.230 e. The molecule has 132 valence electrons. The average Bonchev–Trinajstić information content (AvgIpc) is 3.08. The van der Waals surface area contributed by atoms with Gasteiger partial charge in [0.15, 0.2) is 5.82 Å². The van der Waals surface area contributed by atoms with E-state index in [4.69, 9.17) is 0 Å². The highest BCUT2D eigenvalue weighted by Crippen LogP contribution is 2.44. The van der Waals surface area contributed by atoms with Gasteiger partial charge in [0.1, 0.15) is 0 Å². The summed E-state index contributed by atoms with van der Waals surface area (Å²) < 4.78 is 0. The van der Waals surface area contributed by atoms with Gasteiger partial charge in [-0.05, 0) is 49.2 Å². The Morgan fingerprint density at radius 3 is 3.08 bits per heavy atom. The molecule has 1 saturated heterocycles. The molecule has 6 heteroatoms. The second-order valence-corrected chi connectivity index (χ2v) is 7.43.